The van der Waals surface area contributed by atoms with Crippen molar-refractivity contribution in [1.82, 2.24) is 15.3 Å². The molecule has 1 aromatic carbocycles. The molecule has 0 aliphatic carbocycles. The normalized spacial score (nSPS) is 15.3. The SMILES string of the molecule is Cc1sc2nc(Cl)nc(N3CCNCC3)c2c1-c1ccccc1. The largest absolute Gasteiger partial charge is 0.353 e. The van der Waals surface area contributed by atoms with Crippen molar-refractivity contribution in [3.05, 3.63) is 40.5 Å². The molecule has 1 saturated heterocycles. The molecule has 3 aromatic rings. The second kappa shape index (κ2) is 6.07. The van der Waals surface area contributed by atoms with Crippen LogP contribution in [0.2, 0.25) is 5.28 Å². The van der Waals surface area contributed by atoms with Gasteiger partial charge in [-0.3, -0.25) is 0 Å². The molecule has 0 amide bonds. The van der Waals surface area contributed by atoms with Crippen molar-refractivity contribution in [1.29, 1.82) is 0 Å². The van der Waals surface area contributed by atoms with Gasteiger partial charge in [-0.2, -0.15) is 4.98 Å². The molecular weight excluding hydrogens is 328 g/mol. The highest BCUT2D eigenvalue weighted by Gasteiger charge is 2.22. The Morgan fingerprint density at radius 3 is 2.61 bits per heavy atom. The summed E-state index contributed by atoms with van der Waals surface area (Å²) in [6.45, 7) is 5.95. The Bertz CT molecular complexity index is 841. The van der Waals surface area contributed by atoms with E-state index in [9.17, 15) is 0 Å². The maximum Gasteiger partial charge on any atom is 0.225 e. The van der Waals surface area contributed by atoms with Crippen LogP contribution in [-0.2, 0) is 0 Å². The standard InChI is InChI=1S/C17H17ClN4S/c1-11-13(12-5-3-2-4-6-12)14-15(22-9-7-19-8-10-22)20-17(18)21-16(14)23-11/h2-6,19H,7-10H2,1H3. The lowest BCUT2D eigenvalue weighted by atomic mass is 10.0. The predicted molar refractivity (Wildman–Crippen MR) is 97.7 cm³/mol. The van der Waals surface area contributed by atoms with Crippen molar-refractivity contribution in [3.63, 3.8) is 0 Å². The number of aryl methyl sites for hydroxylation is 1. The number of rotatable bonds is 2. The van der Waals surface area contributed by atoms with Gasteiger partial charge in [-0.25, -0.2) is 4.98 Å². The Kier molecular flexibility index (Phi) is 3.93. The molecule has 118 valence electrons. The van der Waals surface area contributed by atoms with Gasteiger partial charge in [-0.1, -0.05) is 30.3 Å². The van der Waals surface area contributed by atoms with E-state index in [2.05, 4.69) is 51.4 Å². The van der Waals surface area contributed by atoms with E-state index in [1.54, 1.807) is 11.3 Å². The van der Waals surface area contributed by atoms with Crippen LogP contribution in [-0.4, -0.2) is 36.1 Å². The quantitative estimate of drug-likeness (QED) is 0.719. The molecule has 1 fully saturated rings. The molecule has 0 saturated carbocycles. The van der Waals surface area contributed by atoms with Crippen LogP contribution in [0.25, 0.3) is 21.3 Å². The van der Waals surface area contributed by atoms with E-state index in [1.165, 1.54) is 16.0 Å². The van der Waals surface area contributed by atoms with Crippen molar-refractivity contribution >= 4 is 39.0 Å². The van der Waals surface area contributed by atoms with Crippen LogP contribution in [0.4, 0.5) is 5.82 Å². The number of nitrogens with zero attached hydrogens (tertiary/aromatic N) is 3. The summed E-state index contributed by atoms with van der Waals surface area (Å²) >= 11 is 7.88. The number of halogens is 1. The minimum Gasteiger partial charge on any atom is -0.353 e. The average Bonchev–Trinajstić information content (AvgIpc) is 2.91. The molecule has 2 aromatic heterocycles. The number of thiophene rings is 1. The van der Waals surface area contributed by atoms with Crippen molar-refractivity contribution < 1.29 is 0 Å². The lowest BCUT2D eigenvalue weighted by Gasteiger charge is -2.29. The number of nitrogens with one attached hydrogen (secondary N) is 1. The van der Waals surface area contributed by atoms with Gasteiger partial charge in [0.15, 0.2) is 0 Å². The van der Waals surface area contributed by atoms with Crippen molar-refractivity contribution in [2.75, 3.05) is 31.1 Å². The van der Waals surface area contributed by atoms with E-state index in [0.717, 1.165) is 42.2 Å². The Morgan fingerprint density at radius 1 is 1.13 bits per heavy atom. The molecule has 1 N–H and O–H groups in total. The average molecular weight is 345 g/mol. The number of piperazine rings is 1. The molecule has 1 aliphatic rings. The molecule has 0 spiro atoms. The van der Waals surface area contributed by atoms with E-state index < -0.39 is 0 Å². The number of hydrogen-bond donors (Lipinski definition) is 1. The first kappa shape index (κ1) is 14.9. The van der Waals surface area contributed by atoms with E-state index in [4.69, 9.17) is 11.6 Å². The van der Waals surface area contributed by atoms with E-state index in [-0.39, 0.29) is 0 Å². The summed E-state index contributed by atoms with van der Waals surface area (Å²) in [6.07, 6.45) is 0. The Labute approximate surface area is 144 Å². The van der Waals surface area contributed by atoms with E-state index >= 15 is 0 Å². The zero-order valence-corrected chi connectivity index (χ0v) is 14.4. The summed E-state index contributed by atoms with van der Waals surface area (Å²) in [5, 5.41) is 4.84. The number of fused-ring (bicyclic) bond motifs is 1. The topological polar surface area (TPSA) is 41.1 Å². The molecule has 0 bridgehead atoms. The van der Waals surface area contributed by atoms with E-state index in [0.29, 0.717) is 5.28 Å². The summed E-state index contributed by atoms with van der Waals surface area (Å²) in [6, 6.07) is 10.5. The van der Waals surface area contributed by atoms with Gasteiger partial charge in [0.05, 0.1) is 5.39 Å². The molecule has 0 atom stereocenters. The highest BCUT2D eigenvalue weighted by Crippen LogP contribution is 2.42. The minimum absolute atomic E-state index is 0.326. The molecule has 1 aliphatic heterocycles. The Hall–Kier alpha value is -1.69. The lowest BCUT2D eigenvalue weighted by Crippen LogP contribution is -2.44. The van der Waals surface area contributed by atoms with Gasteiger partial charge in [-0.15, -0.1) is 11.3 Å². The highest BCUT2D eigenvalue weighted by molar-refractivity contribution is 7.19. The third-order valence-corrected chi connectivity index (χ3v) is 5.33. The van der Waals surface area contributed by atoms with Crippen LogP contribution < -0.4 is 10.2 Å². The van der Waals surface area contributed by atoms with Crippen molar-refractivity contribution in [3.8, 4) is 11.1 Å². The lowest BCUT2D eigenvalue weighted by molar-refractivity contribution is 0.586. The van der Waals surface area contributed by atoms with Gasteiger partial charge in [0.25, 0.3) is 0 Å². The van der Waals surface area contributed by atoms with Crippen LogP contribution in [0.1, 0.15) is 4.88 Å². The number of hydrogen-bond acceptors (Lipinski definition) is 5. The number of benzene rings is 1. The zero-order chi connectivity index (χ0) is 15.8. The number of anilines is 1. The van der Waals surface area contributed by atoms with Crippen LogP contribution in [0.15, 0.2) is 30.3 Å². The second-order valence-electron chi connectivity index (χ2n) is 5.63. The van der Waals surface area contributed by atoms with Gasteiger partial charge in [0, 0.05) is 36.6 Å². The third kappa shape index (κ3) is 2.69. The fourth-order valence-corrected chi connectivity index (χ4v) is 4.38. The Morgan fingerprint density at radius 2 is 1.87 bits per heavy atom. The zero-order valence-electron chi connectivity index (χ0n) is 12.8. The maximum absolute atomic E-state index is 6.19. The van der Waals surface area contributed by atoms with Crippen LogP contribution >= 0.6 is 22.9 Å². The fourth-order valence-electron chi connectivity index (χ4n) is 3.13. The Balaban J connectivity index is 1.98. The maximum atomic E-state index is 6.19. The monoisotopic (exact) mass is 344 g/mol. The predicted octanol–water partition coefficient (Wildman–Crippen LogP) is 3.73. The molecule has 23 heavy (non-hydrogen) atoms. The molecule has 4 rings (SSSR count). The van der Waals surface area contributed by atoms with Crippen molar-refractivity contribution in [2.24, 2.45) is 0 Å². The summed E-state index contributed by atoms with van der Waals surface area (Å²) in [7, 11) is 0. The molecular formula is C17H17ClN4S. The third-order valence-electron chi connectivity index (χ3n) is 4.16. The molecule has 3 heterocycles. The molecule has 6 heteroatoms. The molecule has 0 unspecified atom stereocenters. The molecule has 0 radical (unpaired) electrons. The minimum atomic E-state index is 0.326. The van der Waals surface area contributed by atoms with Gasteiger partial charge in [0.1, 0.15) is 10.6 Å². The first-order valence-electron chi connectivity index (χ1n) is 7.72. The first-order chi connectivity index (χ1) is 11.2. The second-order valence-corrected chi connectivity index (χ2v) is 7.17. The highest BCUT2D eigenvalue weighted by atomic mass is 35.5. The summed E-state index contributed by atoms with van der Waals surface area (Å²) in [5.74, 6) is 0.963. The molecule has 4 nitrogen and oxygen atoms in total. The van der Waals surface area contributed by atoms with Gasteiger partial charge < -0.3 is 10.2 Å². The van der Waals surface area contributed by atoms with Gasteiger partial charge >= 0.3 is 0 Å². The smallest absolute Gasteiger partial charge is 0.225 e. The van der Waals surface area contributed by atoms with Gasteiger partial charge in [-0.05, 0) is 24.1 Å². The van der Waals surface area contributed by atoms with Crippen molar-refractivity contribution in [2.45, 2.75) is 6.92 Å². The van der Waals surface area contributed by atoms with Crippen LogP contribution in [0, 0.1) is 6.92 Å². The first-order valence-corrected chi connectivity index (χ1v) is 8.91. The van der Waals surface area contributed by atoms with E-state index in [1.807, 2.05) is 6.07 Å². The van der Waals surface area contributed by atoms with Crippen LogP contribution in [0.5, 0.6) is 0 Å². The summed E-state index contributed by atoms with van der Waals surface area (Å²) in [4.78, 5) is 13.6. The summed E-state index contributed by atoms with van der Waals surface area (Å²) < 4.78 is 0. The van der Waals surface area contributed by atoms with Crippen LogP contribution in [0.3, 0.4) is 0 Å². The van der Waals surface area contributed by atoms with Gasteiger partial charge in [0.2, 0.25) is 5.28 Å². The summed E-state index contributed by atoms with van der Waals surface area (Å²) in [5.41, 5.74) is 2.44. The number of aromatic nitrogens is 2. The fraction of sp³-hybridized carbons (Fsp3) is 0.294.